The molecule has 0 atom stereocenters. The molecule has 136 valence electrons. The average Bonchev–Trinajstić information content (AvgIpc) is 3.05. The molecule has 0 radical (unpaired) electrons. The van der Waals surface area contributed by atoms with E-state index in [0.29, 0.717) is 24.8 Å². The standard InChI is InChI=1S/C19H20F2N4O/c1-14-4-2-3-5-16(14)26-13-12-25-18(7-6-17(20)21)23-19(24-25)15-8-10-22-11-9-15/h2-5,8-11,17H,6-7,12-13H2,1H3. The van der Waals surface area contributed by atoms with Crippen LogP contribution in [0.4, 0.5) is 8.78 Å². The number of alkyl halides is 2. The number of hydrogen-bond acceptors (Lipinski definition) is 4. The summed E-state index contributed by atoms with van der Waals surface area (Å²) < 4.78 is 32.7. The minimum atomic E-state index is -2.37. The van der Waals surface area contributed by atoms with Crippen LogP contribution in [0.15, 0.2) is 48.8 Å². The van der Waals surface area contributed by atoms with Gasteiger partial charge in [0.15, 0.2) is 5.82 Å². The Morgan fingerprint density at radius 2 is 1.88 bits per heavy atom. The Kier molecular flexibility index (Phi) is 5.88. The molecule has 0 saturated carbocycles. The molecule has 2 heterocycles. The quantitative estimate of drug-likeness (QED) is 0.612. The highest BCUT2D eigenvalue weighted by atomic mass is 19.3. The van der Waals surface area contributed by atoms with E-state index in [9.17, 15) is 8.78 Å². The molecule has 0 N–H and O–H groups in total. The van der Waals surface area contributed by atoms with Crippen molar-refractivity contribution in [3.63, 3.8) is 0 Å². The van der Waals surface area contributed by atoms with Crippen LogP contribution >= 0.6 is 0 Å². The molecule has 0 bridgehead atoms. The largest absolute Gasteiger partial charge is 0.491 e. The van der Waals surface area contributed by atoms with E-state index in [0.717, 1.165) is 16.9 Å². The third-order valence-corrected chi connectivity index (χ3v) is 3.93. The van der Waals surface area contributed by atoms with Gasteiger partial charge in [0.2, 0.25) is 6.43 Å². The van der Waals surface area contributed by atoms with Crippen LogP contribution in [0, 0.1) is 6.92 Å². The van der Waals surface area contributed by atoms with Crippen molar-refractivity contribution in [2.45, 2.75) is 32.7 Å². The fourth-order valence-corrected chi connectivity index (χ4v) is 2.56. The second-order valence-electron chi connectivity index (χ2n) is 5.85. The van der Waals surface area contributed by atoms with Gasteiger partial charge in [-0.3, -0.25) is 4.98 Å². The van der Waals surface area contributed by atoms with Crippen LogP contribution in [-0.4, -0.2) is 32.8 Å². The minimum absolute atomic E-state index is 0.167. The van der Waals surface area contributed by atoms with Crippen LogP contribution in [0.3, 0.4) is 0 Å². The summed E-state index contributed by atoms with van der Waals surface area (Å²) in [5.74, 6) is 1.84. The molecule has 2 aromatic heterocycles. The predicted octanol–water partition coefficient (Wildman–Crippen LogP) is 3.93. The van der Waals surface area contributed by atoms with Crippen LogP contribution < -0.4 is 4.74 Å². The summed E-state index contributed by atoms with van der Waals surface area (Å²) in [6.45, 7) is 2.79. The molecule has 0 aliphatic carbocycles. The molecule has 0 unspecified atom stereocenters. The van der Waals surface area contributed by atoms with Gasteiger partial charge in [0.05, 0.1) is 6.54 Å². The van der Waals surface area contributed by atoms with Gasteiger partial charge in [0.25, 0.3) is 0 Å². The van der Waals surface area contributed by atoms with E-state index in [1.807, 2.05) is 31.2 Å². The van der Waals surface area contributed by atoms with Crippen molar-refractivity contribution < 1.29 is 13.5 Å². The molecule has 0 aliphatic heterocycles. The number of nitrogens with zero attached hydrogens (tertiary/aromatic N) is 4. The molecular formula is C19H20F2N4O. The molecule has 5 nitrogen and oxygen atoms in total. The lowest BCUT2D eigenvalue weighted by molar-refractivity contribution is 0.136. The summed E-state index contributed by atoms with van der Waals surface area (Å²) in [4.78, 5) is 8.40. The minimum Gasteiger partial charge on any atom is -0.491 e. The van der Waals surface area contributed by atoms with E-state index in [1.165, 1.54) is 0 Å². The van der Waals surface area contributed by atoms with Crippen LogP contribution in [0.25, 0.3) is 11.4 Å². The topological polar surface area (TPSA) is 52.8 Å². The Labute approximate surface area is 150 Å². The Balaban J connectivity index is 1.73. The average molecular weight is 358 g/mol. The summed E-state index contributed by atoms with van der Waals surface area (Å²) in [7, 11) is 0. The highest BCUT2D eigenvalue weighted by Gasteiger charge is 2.14. The van der Waals surface area contributed by atoms with Gasteiger partial charge >= 0.3 is 0 Å². The number of pyridine rings is 1. The van der Waals surface area contributed by atoms with Gasteiger partial charge in [-0.15, -0.1) is 0 Å². The predicted molar refractivity (Wildman–Crippen MR) is 94.3 cm³/mol. The van der Waals surface area contributed by atoms with E-state index >= 15 is 0 Å². The second kappa shape index (κ2) is 8.51. The smallest absolute Gasteiger partial charge is 0.239 e. The van der Waals surface area contributed by atoms with E-state index < -0.39 is 6.43 Å². The first-order valence-electron chi connectivity index (χ1n) is 8.44. The van der Waals surface area contributed by atoms with Crippen LogP contribution in [0.2, 0.25) is 0 Å². The Morgan fingerprint density at radius 3 is 2.62 bits per heavy atom. The molecule has 0 fully saturated rings. The maximum atomic E-state index is 12.6. The SMILES string of the molecule is Cc1ccccc1OCCn1nc(-c2ccncc2)nc1CCC(F)F. The number of ether oxygens (including phenoxy) is 1. The van der Waals surface area contributed by atoms with Crippen molar-refractivity contribution in [1.29, 1.82) is 0 Å². The molecule has 3 aromatic rings. The lowest BCUT2D eigenvalue weighted by Crippen LogP contribution is -2.13. The monoisotopic (exact) mass is 358 g/mol. The maximum absolute atomic E-state index is 12.6. The van der Waals surface area contributed by atoms with Gasteiger partial charge in [-0.25, -0.2) is 18.4 Å². The molecule has 0 aliphatic rings. The third kappa shape index (κ3) is 4.62. The van der Waals surface area contributed by atoms with Crippen molar-refractivity contribution in [1.82, 2.24) is 19.7 Å². The summed E-state index contributed by atoms with van der Waals surface area (Å²) in [6, 6.07) is 11.3. The van der Waals surface area contributed by atoms with Gasteiger partial charge in [0.1, 0.15) is 18.2 Å². The number of para-hydroxylation sites is 1. The van der Waals surface area contributed by atoms with E-state index in [1.54, 1.807) is 29.2 Å². The van der Waals surface area contributed by atoms with E-state index in [-0.39, 0.29) is 12.8 Å². The van der Waals surface area contributed by atoms with Gasteiger partial charge in [-0.2, -0.15) is 5.10 Å². The first kappa shape index (κ1) is 18.0. The first-order valence-corrected chi connectivity index (χ1v) is 8.44. The highest BCUT2D eigenvalue weighted by molar-refractivity contribution is 5.53. The maximum Gasteiger partial charge on any atom is 0.239 e. The Bertz CT molecular complexity index is 837. The lowest BCUT2D eigenvalue weighted by Gasteiger charge is -2.10. The van der Waals surface area contributed by atoms with E-state index in [2.05, 4.69) is 15.1 Å². The molecule has 0 spiro atoms. The molecule has 3 rings (SSSR count). The number of halogens is 2. The van der Waals surface area contributed by atoms with Gasteiger partial charge in [-0.05, 0) is 30.7 Å². The summed E-state index contributed by atoms with van der Waals surface area (Å²) in [5.41, 5.74) is 1.85. The number of rotatable bonds is 8. The summed E-state index contributed by atoms with van der Waals surface area (Å²) in [5, 5.41) is 4.46. The van der Waals surface area contributed by atoms with Crippen LogP contribution in [-0.2, 0) is 13.0 Å². The van der Waals surface area contributed by atoms with Crippen molar-refractivity contribution in [2.24, 2.45) is 0 Å². The van der Waals surface area contributed by atoms with Gasteiger partial charge in [0, 0.05) is 30.8 Å². The summed E-state index contributed by atoms with van der Waals surface area (Å²) >= 11 is 0. The molecule has 26 heavy (non-hydrogen) atoms. The Hall–Kier alpha value is -2.83. The molecule has 7 heteroatoms. The lowest BCUT2D eigenvalue weighted by atomic mass is 10.2. The number of aromatic nitrogens is 4. The van der Waals surface area contributed by atoms with Gasteiger partial charge in [-0.1, -0.05) is 18.2 Å². The molecule has 0 saturated heterocycles. The number of benzene rings is 1. The summed E-state index contributed by atoms with van der Waals surface area (Å²) in [6.07, 6.45) is 0.854. The number of hydrogen-bond donors (Lipinski definition) is 0. The highest BCUT2D eigenvalue weighted by Crippen LogP contribution is 2.18. The Morgan fingerprint density at radius 1 is 1.12 bits per heavy atom. The fraction of sp³-hybridized carbons (Fsp3) is 0.316. The van der Waals surface area contributed by atoms with Crippen molar-refractivity contribution in [3.05, 3.63) is 60.2 Å². The third-order valence-electron chi connectivity index (χ3n) is 3.93. The zero-order chi connectivity index (χ0) is 18.4. The van der Waals surface area contributed by atoms with Crippen molar-refractivity contribution in [3.8, 4) is 17.1 Å². The second-order valence-corrected chi connectivity index (χ2v) is 5.85. The zero-order valence-corrected chi connectivity index (χ0v) is 14.5. The first-order chi connectivity index (χ1) is 12.6. The van der Waals surface area contributed by atoms with Crippen molar-refractivity contribution >= 4 is 0 Å². The normalized spacial score (nSPS) is 11.1. The number of aryl methyl sites for hydroxylation is 2. The molecular weight excluding hydrogens is 338 g/mol. The fourth-order valence-electron chi connectivity index (χ4n) is 2.56. The van der Waals surface area contributed by atoms with Crippen LogP contribution in [0.1, 0.15) is 17.8 Å². The van der Waals surface area contributed by atoms with Crippen LogP contribution in [0.5, 0.6) is 5.75 Å². The van der Waals surface area contributed by atoms with Crippen molar-refractivity contribution in [2.75, 3.05) is 6.61 Å². The van der Waals surface area contributed by atoms with E-state index in [4.69, 9.17) is 4.74 Å². The van der Waals surface area contributed by atoms with Gasteiger partial charge < -0.3 is 4.74 Å². The molecule has 1 aromatic carbocycles. The zero-order valence-electron chi connectivity index (χ0n) is 14.5. The molecule has 0 amide bonds.